The van der Waals surface area contributed by atoms with Gasteiger partial charge in [0.15, 0.2) is 0 Å². The van der Waals surface area contributed by atoms with Gasteiger partial charge in [0, 0.05) is 109 Å². The lowest BCUT2D eigenvalue weighted by Gasteiger charge is -1.98. The Bertz CT molecular complexity index is 1390. The number of hydrogen-bond donors (Lipinski definition) is 0. The number of ether oxygens (including phenoxy) is 17. The van der Waals surface area contributed by atoms with Gasteiger partial charge in [-0.25, -0.2) is 9.59 Å². The summed E-state index contributed by atoms with van der Waals surface area (Å²) in [6.45, 7) is 16.9. The molecule has 0 heterocycles. The molecule has 0 aliphatic rings. The molecule has 0 aromatic heterocycles. The smallest absolute Gasteiger partial charge is 0.469 e. The van der Waals surface area contributed by atoms with Crippen molar-refractivity contribution in [2.24, 2.45) is 0 Å². The molecule has 0 bridgehead atoms. The first-order chi connectivity index (χ1) is 39.4. The summed E-state index contributed by atoms with van der Waals surface area (Å²) >= 11 is 0. The summed E-state index contributed by atoms with van der Waals surface area (Å²) in [5, 5.41) is 0. The molecule has 0 amide bonds. The van der Waals surface area contributed by atoms with Gasteiger partial charge < -0.3 is 80.5 Å². The van der Waals surface area contributed by atoms with Crippen LogP contribution >= 0.6 is 0 Å². The van der Waals surface area contributed by atoms with Crippen molar-refractivity contribution in [3.63, 3.8) is 0 Å². The number of carbonyl (C=O) groups excluding carboxylic acids is 10. The van der Waals surface area contributed by atoms with Crippen molar-refractivity contribution in [1.82, 2.24) is 0 Å². The molecule has 27 heteroatoms. The highest BCUT2D eigenvalue weighted by atomic mass is 16.7. The molecule has 0 saturated carbocycles. The molecule has 498 valence electrons. The molecule has 0 aliphatic carbocycles. The van der Waals surface area contributed by atoms with Gasteiger partial charge in [0.25, 0.3) is 0 Å². The topological polar surface area (TPSA) is 328 Å². The van der Waals surface area contributed by atoms with Gasteiger partial charge in [-0.3, -0.25) is 38.4 Å². The second kappa shape index (κ2) is 95.5. The largest absolute Gasteiger partial charge is 0.507 e. The molecule has 0 unspecified atom stereocenters. The highest BCUT2D eigenvalue weighted by Crippen LogP contribution is 2.01. The van der Waals surface area contributed by atoms with E-state index in [0.29, 0.717) is 71.9 Å². The Morgan fingerprint density at radius 1 is 0.241 bits per heavy atom. The van der Waals surface area contributed by atoms with E-state index in [4.69, 9.17) is 18.9 Å². The molecule has 0 spiro atoms. The molecule has 27 nitrogen and oxygen atoms in total. The SMILES string of the molecule is CCCCCOC(C)=O.CCCCOC(C)=O.CCCOC(C)=O.COC(=O)OC.COCC(=O)OC.COCCC(=O)OC.COCCCC(=O)OC.COCCCCC(=O)OC.COCCCCCC(=O)OC.COCCOC(C)=O. The van der Waals surface area contributed by atoms with Gasteiger partial charge in [-0.2, -0.15) is 0 Å². The van der Waals surface area contributed by atoms with Crippen molar-refractivity contribution in [2.75, 3.05) is 158 Å². The Morgan fingerprint density at radius 2 is 0.554 bits per heavy atom. The average molecular weight is 1220 g/mol. The van der Waals surface area contributed by atoms with Crippen LogP contribution in [0.25, 0.3) is 0 Å². The summed E-state index contributed by atoms with van der Waals surface area (Å²) in [5.41, 5.74) is 0. The van der Waals surface area contributed by atoms with Gasteiger partial charge in [-0.05, 0) is 51.4 Å². The molecule has 0 rings (SSSR count). The lowest BCUT2D eigenvalue weighted by molar-refractivity contribution is -0.145. The third kappa shape index (κ3) is 148. The van der Waals surface area contributed by atoms with Crippen LogP contribution < -0.4 is 0 Å². The van der Waals surface area contributed by atoms with Gasteiger partial charge >= 0.3 is 59.9 Å². The lowest BCUT2D eigenvalue weighted by Crippen LogP contribution is -2.07. The summed E-state index contributed by atoms with van der Waals surface area (Å²) in [5.74, 6) is -1.83. The number of rotatable bonds is 32. The summed E-state index contributed by atoms with van der Waals surface area (Å²) < 4.78 is 76.4. The molecule has 0 aromatic carbocycles. The Labute approximate surface area is 496 Å². The Morgan fingerprint density at radius 3 is 0.855 bits per heavy atom. The monoisotopic (exact) mass is 1220 g/mol. The summed E-state index contributed by atoms with van der Waals surface area (Å²) in [6.07, 6.45) is 12.9. The zero-order valence-electron chi connectivity index (χ0n) is 54.4. The molecule has 0 aromatic rings. The van der Waals surface area contributed by atoms with Crippen molar-refractivity contribution in [3.8, 4) is 0 Å². The van der Waals surface area contributed by atoms with Gasteiger partial charge in [0.2, 0.25) is 0 Å². The summed E-state index contributed by atoms with van der Waals surface area (Å²) in [7, 11) is 18.9. The minimum absolute atomic E-state index is 0.0382. The summed E-state index contributed by atoms with van der Waals surface area (Å²) in [4.78, 5) is 102. The second-order valence-corrected chi connectivity index (χ2v) is 15.5. The maximum atomic E-state index is 10.6. The second-order valence-electron chi connectivity index (χ2n) is 15.5. The van der Waals surface area contributed by atoms with Crippen molar-refractivity contribution < 1.29 is 128 Å². The minimum Gasteiger partial charge on any atom is -0.469 e. The number of methoxy groups -OCH3 is 13. The lowest BCUT2D eigenvalue weighted by atomic mass is 10.2. The maximum Gasteiger partial charge on any atom is 0.507 e. The molecular weight excluding hydrogens is 1100 g/mol. The van der Waals surface area contributed by atoms with E-state index >= 15 is 0 Å². The highest BCUT2D eigenvalue weighted by molar-refractivity contribution is 5.71. The molecular formula is C56H112O27. The number of unbranched alkanes of at least 4 members (excludes halogenated alkanes) is 6. The zero-order chi connectivity index (χ0) is 66.2. The van der Waals surface area contributed by atoms with Crippen LogP contribution in [0.2, 0.25) is 0 Å². The van der Waals surface area contributed by atoms with E-state index in [1.807, 2.05) is 6.92 Å². The van der Waals surface area contributed by atoms with Crippen LogP contribution in [0.15, 0.2) is 0 Å². The predicted octanol–water partition coefficient (Wildman–Crippen LogP) is 7.57. The first-order valence-electron chi connectivity index (χ1n) is 26.9. The first kappa shape index (κ1) is 99.3. The van der Waals surface area contributed by atoms with E-state index in [0.717, 1.165) is 83.8 Å². The predicted molar refractivity (Wildman–Crippen MR) is 308 cm³/mol. The van der Waals surface area contributed by atoms with Crippen molar-refractivity contribution in [1.29, 1.82) is 0 Å². The van der Waals surface area contributed by atoms with Crippen LogP contribution in [0.3, 0.4) is 0 Å². The van der Waals surface area contributed by atoms with Crippen LogP contribution in [0.4, 0.5) is 4.79 Å². The fourth-order valence-electron chi connectivity index (χ4n) is 3.87. The number of hydrogen-bond acceptors (Lipinski definition) is 27. The van der Waals surface area contributed by atoms with Gasteiger partial charge in [0.05, 0.1) is 89.2 Å². The molecule has 0 aliphatic heterocycles. The van der Waals surface area contributed by atoms with E-state index in [1.165, 1.54) is 91.0 Å². The molecule has 83 heavy (non-hydrogen) atoms. The van der Waals surface area contributed by atoms with E-state index in [2.05, 4.69) is 75.4 Å². The normalized spacial score (nSPS) is 8.82. The average Bonchev–Trinajstić information content (AvgIpc) is 3.47. The highest BCUT2D eigenvalue weighted by Gasteiger charge is 2.00. The van der Waals surface area contributed by atoms with E-state index < -0.39 is 6.16 Å². The number of carbonyl (C=O) groups is 10. The van der Waals surface area contributed by atoms with Gasteiger partial charge in [0.1, 0.15) is 13.2 Å². The van der Waals surface area contributed by atoms with Crippen molar-refractivity contribution in [2.45, 2.75) is 151 Å². The van der Waals surface area contributed by atoms with E-state index in [9.17, 15) is 47.9 Å². The van der Waals surface area contributed by atoms with Crippen LogP contribution in [0.5, 0.6) is 0 Å². The fourth-order valence-corrected chi connectivity index (χ4v) is 3.87. The molecule has 0 saturated heterocycles. The van der Waals surface area contributed by atoms with Crippen LogP contribution in [0.1, 0.15) is 151 Å². The van der Waals surface area contributed by atoms with Gasteiger partial charge in [-0.1, -0.05) is 46.5 Å². The first-order valence-corrected chi connectivity index (χ1v) is 26.9. The van der Waals surface area contributed by atoms with Crippen molar-refractivity contribution >= 4 is 59.9 Å². The van der Waals surface area contributed by atoms with E-state index in [-0.39, 0.29) is 60.3 Å². The third-order valence-electron chi connectivity index (χ3n) is 8.14. The molecule has 0 fully saturated rings. The fraction of sp³-hybridized carbons (Fsp3) is 0.821. The zero-order valence-corrected chi connectivity index (χ0v) is 54.4. The molecule has 0 N–H and O–H groups in total. The van der Waals surface area contributed by atoms with Gasteiger partial charge in [-0.15, -0.1) is 0 Å². The minimum atomic E-state index is -0.657. The van der Waals surface area contributed by atoms with Crippen LogP contribution in [0, 0.1) is 0 Å². The van der Waals surface area contributed by atoms with E-state index in [1.54, 1.807) is 35.5 Å². The van der Waals surface area contributed by atoms with Crippen LogP contribution in [-0.2, 0) is 124 Å². The van der Waals surface area contributed by atoms with Crippen molar-refractivity contribution in [3.05, 3.63) is 0 Å². The quantitative estimate of drug-likeness (QED) is 0.0356. The number of esters is 9. The molecule has 0 atom stereocenters. The standard InChI is InChI=1S/C8H16O3.C7H14O3.C7H14O2.C6H12O3.C6H12O2.2C5H10O3.C5H10O2.C4H8O3.C3H6O3/c1-10-7-5-3-4-6-8(9)11-2;1-9-6-4-3-5-7(8)10-2;1-3-4-5-6-9-7(2)8;1-8-5-3-4-6(7)9-2;1-3-4-5-8-6(2)7;1-7-4-3-5(6)8-2;1-5(6)8-4-3-7-2;1-3-4-7-5(2)6;1-6-3-4(5)7-2;1-5-3(4)6-2/h3-7H2,1-2H3;3-6H2,1-2H3;3-6H2,1-2H3;3-5H2,1-2H3;3-5H2,1-2H3;2*3-4H2,1-2H3;3-4H2,1-2H3;3H2,1-2H3;1-2H3. The Kier molecular flexibility index (Phi) is 114. The Hall–Kier alpha value is -5.74. The maximum absolute atomic E-state index is 10.6. The molecule has 0 radical (unpaired) electrons. The third-order valence-corrected chi connectivity index (χ3v) is 8.14. The Balaban J connectivity index is -0.0000000895. The van der Waals surface area contributed by atoms with Crippen LogP contribution in [-0.4, -0.2) is 218 Å². The summed E-state index contributed by atoms with van der Waals surface area (Å²) in [6, 6.07) is 0.